The van der Waals surface area contributed by atoms with Crippen LogP contribution >= 0.6 is 31.9 Å². The largest absolute Gasteiger partial charge is 0.469 e. The zero-order valence-corrected chi connectivity index (χ0v) is 18.2. The maximum absolute atomic E-state index is 6.74. The normalized spacial score (nSPS) is 34.6. The van der Waals surface area contributed by atoms with Crippen molar-refractivity contribution in [2.45, 2.75) is 59.8 Å². The Kier molecular flexibility index (Phi) is 6.14. The van der Waals surface area contributed by atoms with Crippen molar-refractivity contribution in [1.82, 2.24) is 0 Å². The third-order valence-electron chi connectivity index (χ3n) is 5.15. The van der Waals surface area contributed by atoms with E-state index in [1.165, 1.54) is 0 Å². The second-order valence-corrected chi connectivity index (χ2v) is 9.92. The Morgan fingerprint density at radius 1 is 0.852 bits per heavy atom. The minimum absolute atomic E-state index is 0.339. The van der Waals surface area contributed by atoms with Gasteiger partial charge in [-0.3, -0.25) is 0 Å². The first kappa shape index (κ1) is 19.7. The summed E-state index contributed by atoms with van der Waals surface area (Å²) in [6.45, 7) is 1.19. The fourth-order valence-electron chi connectivity index (χ4n) is 3.76. The van der Waals surface area contributed by atoms with Gasteiger partial charge >= 0.3 is 0 Å². The highest BCUT2D eigenvalue weighted by Crippen LogP contribution is 2.41. The quantitative estimate of drug-likeness (QED) is 0.506. The van der Waals surface area contributed by atoms with Gasteiger partial charge in [0.2, 0.25) is 0 Å². The molecular formula is C20H24Br2O5. The molecule has 2 aliphatic rings. The van der Waals surface area contributed by atoms with E-state index in [0.717, 1.165) is 37.2 Å². The molecule has 2 fully saturated rings. The molecule has 0 radical (unpaired) electrons. The van der Waals surface area contributed by atoms with Crippen LogP contribution < -0.4 is 0 Å². The molecule has 4 heterocycles. The average molecular weight is 504 g/mol. The van der Waals surface area contributed by atoms with Gasteiger partial charge in [0.25, 0.3) is 0 Å². The SMILES string of the molecule is BrC1CCC(Cc2ccco2)(OC2(Cc3ccco3)CCC(Br)CO2)OC1. The predicted molar refractivity (Wildman–Crippen MR) is 107 cm³/mol. The van der Waals surface area contributed by atoms with Crippen LogP contribution in [0.2, 0.25) is 0 Å². The Hall–Kier alpha value is -0.600. The molecule has 0 saturated carbocycles. The van der Waals surface area contributed by atoms with Crippen molar-refractivity contribution in [1.29, 1.82) is 0 Å². The number of halogens is 2. The fourth-order valence-corrected chi connectivity index (χ4v) is 4.48. The van der Waals surface area contributed by atoms with Gasteiger partial charge in [0.1, 0.15) is 11.5 Å². The molecule has 2 aromatic heterocycles. The third kappa shape index (κ3) is 4.88. The van der Waals surface area contributed by atoms with Crippen LogP contribution in [0, 0.1) is 0 Å². The summed E-state index contributed by atoms with van der Waals surface area (Å²) in [4.78, 5) is 0.678. The molecule has 0 bridgehead atoms. The van der Waals surface area contributed by atoms with Gasteiger partial charge in [-0.1, -0.05) is 31.9 Å². The Bertz CT molecular complexity index is 624. The lowest BCUT2D eigenvalue weighted by atomic mass is 9.96. The first-order chi connectivity index (χ1) is 13.1. The highest BCUT2D eigenvalue weighted by atomic mass is 79.9. The van der Waals surface area contributed by atoms with Gasteiger partial charge in [-0.05, 0) is 37.1 Å². The molecule has 4 rings (SSSR count). The zero-order valence-electron chi connectivity index (χ0n) is 15.1. The van der Waals surface area contributed by atoms with Gasteiger partial charge in [0.05, 0.1) is 38.6 Å². The van der Waals surface area contributed by atoms with E-state index >= 15 is 0 Å². The summed E-state index contributed by atoms with van der Waals surface area (Å²) in [6, 6.07) is 7.71. The average Bonchev–Trinajstić information content (AvgIpc) is 3.35. The van der Waals surface area contributed by atoms with E-state index < -0.39 is 11.6 Å². The summed E-state index contributed by atoms with van der Waals surface area (Å²) in [5.74, 6) is 0.164. The number of rotatable bonds is 6. The number of ether oxygens (including phenoxy) is 3. The molecular weight excluding hydrogens is 480 g/mol. The van der Waals surface area contributed by atoms with Crippen LogP contribution in [0.5, 0.6) is 0 Å². The zero-order chi connectivity index (χ0) is 18.7. The van der Waals surface area contributed by atoms with Crippen molar-refractivity contribution in [3.05, 3.63) is 48.3 Å². The molecule has 0 aromatic carbocycles. The van der Waals surface area contributed by atoms with Crippen molar-refractivity contribution in [2.24, 2.45) is 0 Å². The summed E-state index contributed by atoms with van der Waals surface area (Å²) >= 11 is 7.31. The molecule has 2 aliphatic heterocycles. The molecule has 4 atom stereocenters. The highest BCUT2D eigenvalue weighted by Gasteiger charge is 2.48. The van der Waals surface area contributed by atoms with Crippen LogP contribution in [0.1, 0.15) is 37.2 Å². The van der Waals surface area contributed by atoms with Crippen LogP contribution in [-0.4, -0.2) is 34.4 Å². The molecule has 2 saturated heterocycles. The van der Waals surface area contributed by atoms with Gasteiger partial charge in [-0.2, -0.15) is 0 Å². The molecule has 27 heavy (non-hydrogen) atoms. The molecule has 0 N–H and O–H groups in total. The Morgan fingerprint density at radius 2 is 1.33 bits per heavy atom. The molecule has 5 nitrogen and oxygen atoms in total. The van der Waals surface area contributed by atoms with Crippen molar-refractivity contribution in [2.75, 3.05) is 13.2 Å². The summed E-state index contributed by atoms with van der Waals surface area (Å²) < 4.78 is 30.5. The van der Waals surface area contributed by atoms with Gasteiger partial charge in [0, 0.05) is 22.5 Å². The first-order valence-corrected chi connectivity index (χ1v) is 11.2. The number of furan rings is 2. The summed E-state index contributed by atoms with van der Waals surface area (Å²) in [5.41, 5.74) is 0. The second kappa shape index (κ2) is 8.41. The Balaban J connectivity index is 1.59. The lowest BCUT2D eigenvalue weighted by Crippen LogP contribution is -2.55. The smallest absolute Gasteiger partial charge is 0.178 e. The van der Waals surface area contributed by atoms with E-state index in [-0.39, 0.29) is 0 Å². The Labute approximate surface area is 176 Å². The van der Waals surface area contributed by atoms with Crippen LogP contribution in [0.3, 0.4) is 0 Å². The van der Waals surface area contributed by atoms with Crippen LogP contribution in [-0.2, 0) is 27.1 Å². The Morgan fingerprint density at radius 3 is 1.67 bits per heavy atom. The van der Waals surface area contributed by atoms with Crippen molar-refractivity contribution in [3.63, 3.8) is 0 Å². The summed E-state index contributed by atoms with van der Waals surface area (Å²) in [6.07, 6.45) is 7.96. The van der Waals surface area contributed by atoms with Crippen molar-refractivity contribution < 1.29 is 23.0 Å². The molecule has 7 heteroatoms. The topological polar surface area (TPSA) is 54.0 Å². The lowest BCUT2D eigenvalue weighted by Gasteiger charge is -2.47. The van der Waals surface area contributed by atoms with Crippen molar-refractivity contribution >= 4 is 31.9 Å². The molecule has 2 aromatic rings. The monoisotopic (exact) mass is 502 g/mol. The molecule has 148 valence electrons. The predicted octanol–water partition coefficient (Wildman–Crippen LogP) is 5.21. The fraction of sp³-hybridized carbons (Fsp3) is 0.600. The van der Waals surface area contributed by atoms with Crippen molar-refractivity contribution in [3.8, 4) is 0 Å². The van der Waals surface area contributed by atoms with E-state index in [1.54, 1.807) is 12.5 Å². The maximum atomic E-state index is 6.74. The van der Waals surface area contributed by atoms with E-state index in [0.29, 0.717) is 35.7 Å². The molecule has 0 amide bonds. The maximum Gasteiger partial charge on any atom is 0.178 e. The molecule has 4 unspecified atom stereocenters. The van der Waals surface area contributed by atoms with Crippen LogP contribution in [0.4, 0.5) is 0 Å². The van der Waals surface area contributed by atoms with E-state index in [1.807, 2.05) is 24.3 Å². The number of hydrogen-bond acceptors (Lipinski definition) is 5. The van der Waals surface area contributed by atoms with Gasteiger partial charge in [0.15, 0.2) is 11.6 Å². The van der Waals surface area contributed by atoms with Crippen LogP contribution in [0.25, 0.3) is 0 Å². The standard InChI is InChI=1S/C20H24Br2O5/c21-15-5-7-19(25-13-15,11-17-3-1-9-23-17)27-20(8-6-16(22)14-26-20)12-18-4-2-10-24-18/h1-4,9-10,15-16H,5-8,11-14H2. The lowest BCUT2D eigenvalue weighted by molar-refractivity contribution is -0.376. The number of alkyl halides is 2. The minimum atomic E-state index is -0.770. The third-order valence-corrected chi connectivity index (χ3v) is 6.60. The van der Waals surface area contributed by atoms with Gasteiger partial charge in [-0.25, -0.2) is 0 Å². The number of hydrogen-bond donors (Lipinski definition) is 0. The van der Waals surface area contributed by atoms with Gasteiger partial charge < -0.3 is 23.0 Å². The van der Waals surface area contributed by atoms with Crippen LogP contribution in [0.15, 0.2) is 45.6 Å². The summed E-state index contributed by atoms with van der Waals surface area (Å²) in [7, 11) is 0. The highest BCUT2D eigenvalue weighted by molar-refractivity contribution is 9.09. The molecule has 0 aliphatic carbocycles. The van der Waals surface area contributed by atoms with Gasteiger partial charge in [-0.15, -0.1) is 0 Å². The first-order valence-electron chi connectivity index (χ1n) is 9.37. The van der Waals surface area contributed by atoms with E-state index in [2.05, 4.69) is 31.9 Å². The molecule has 0 spiro atoms. The minimum Gasteiger partial charge on any atom is -0.469 e. The second-order valence-electron chi connectivity index (χ2n) is 7.33. The van der Waals surface area contributed by atoms with E-state index in [4.69, 9.17) is 23.0 Å². The summed E-state index contributed by atoms with van der Waals surface area (Å²) in [5, 5.41) is 0. The van der Waals surface area contributed by atoms with E-state index in [9.17, 15) is 0 Å².